The van der Waals surface area contributed by atoms with Crippen molar-refractivity contribution in [2.45, 2.75) is 30.0 Å². The van der Waals surface area contributed by atoms with Crippen LogP contribution in [0.2, 0.25) is 0 Å². The third-order valence-electron chi connectivity index (χ3n) is 5.87. The summed E-state index contributed by atoms with van der Waals surface area (Å²) in [7, 11) is 0. The number of nitrogens with one attached hydrogen (secondary N) is 2. The van der Waals surface area contributed by atoms with Gasteiger partial charge in [0.15, 0.2) is 0 Å². The van der Waals surface area contributed by atoms with E-state index in [1.54, 1.807) is 11.9 Å². The van der Waals surface area contributed by atoms with Crippen molar-refractivity contribution in [1.82, 2.24) is 14.3 Å². The van der Waals surface area contributed by atoms with Crippen molar-refractivity contribution >= 4 is 28.7 Å². The predicted molar refractivity (Wildman–Crippen MR) is 127 cm³/mol. The van der Waals surface area contributed by atoms with Gasteiger partial charge in [-0.05, 0) is 83.8 Å². The van der Waals surface area contributed by atoms with E-state index in [0.717, 1.165) is 43.7 Å². The molecule has 4 aromatic rings. The summed E-state index contributed by atoms with van der Waals surface area (Å²) in [5.41, 5.74) is 2.80. The molecule has 4 nitrogen and oxygen atoms in total. The van der Waals surface area contributed by atoms with Crippen LogP contribution in [0.4, 0.5) is 19.0 Å². The second-order valence-corrected chi connectivity index (χ2v) is 9.34. The van der Waals surface area contributed by atoms with Gasteiger partial charge in [-0.25, -0.2) is 9.29 Å². The van der Waals surface area contributed by atoms with Crippen LogP contribution in [0.5, 0.6) is 0 Å². The Bertz CT molecular complexity index is 1210. The first-order valence-electron chi connectivity index (χ1n) is 10.8. The summed E-state index contributed by atoms with van der Waals surface area (Å²) >= 11 is 1.75. The zero-order chi connectivity index (χ0) is 22.8. The number of piperidine rings is 1. The fourth-order valence-corrected chi connectivity index (χ4v) is 4.99. The van der Waals surface area contributed by atoms with Crippen LogP contribution in [0.3, 0.4) is 0 Å². The van der Waals surface area contributed by atoms with Crippen LogP contribution in [-0.2, 0) is 6.18 Å². The Morgan fingerprint density at radius 1 is 0.939 bits per heavy atom. The van der Waals surface area contributed by atoms with Crippen molar-refractivity contribution in [3.8, 4) is 11.1 Å². The average Bonchev–Trinajstić information content (AvgIpc) is 3.29. The largest absolute Gasteiger partial charge is 0.417 e. The quantitative estimate of drug-likeness (QED) is 0.315. The van der Waals surface area contributed by atoms with E-state index in [1.807, 2.05) is 6.20 Å². The second kappa shape index (κ2) is 9.11. The topological polar surface area (TPSA) is 44.0 Å². The molecule has 0 spiro atoms. The number of H-pyrrole nitrogens is 1. The monoisotopic (exact) mass is 468 g/mol. The molecule has 0 unspecified atom stereocenters. The standard InChI is InChI=1S/C25H23F3N4S/c26-25(27,28)20-4-8-24(30-16-20)31-21-10-13-32(14-11-21)33-22-5-1-17(2-6-22)18-3-7-23-19(15-18)9-12-29-23/h1-9,12,15-16,21,29H,10-11,13-14H2,(H,30,31). The third kappa shape index (κ3) is 5.17. The molecule has 2 N–H and O–H groups in total. The van der Waals surface area contributed by atoms with Crippen LogP contribution in [-0.4, -0.2) is 33.4 Å². The maximum Gasteiger partial charge on any atom is 0.417 e. The number of aromatic nitrogens is 2. The number of anilines is 1. The molecule has 0 amide bonds. The highest BCUT2D eigenvalue weighted by Gasteiger charge is 2.30. The van der Waals surface area contributed by atoms with Crippen molar-refractivity contribution in [2.24, 2.45) is 0 Å². The molecule has 1 fully saturated rings. The van der Waals surface area contributed by atoms with Crippen molar-refractivity contribution < 1.29 is 13.2 Å². The van der Waals surface area contributed by atoms with Crippen LogP contribution in [0.15, 0.2) is 78.0 Å². The number of aromatic amines is 1. The summed E-state index contributed by atoms with van der Waals surface area (Å²) in [4.78, 5) is 8.33. The van der Waals surface area contributed by atoms with Crippen molar-refractivity contribution in [2.75, 3.05) is 18.4 Å². The molecular formula is C25H23F3N4S. The van der Waals surface area contributed by atoms with Crippen LogP contribution in [0, 0.1) is 0 Å². The summed E-state index contributed by atoms with van der Waals surface area (Å²) < 4.78 is 40.4. The smallest absolute Gasteiger partial charge is 0.367 e. The molecule has 1 aliphatic rings. The van der Waals surface area contributed by atoms with Gasteiger partial charge in [-0.3, -0.25) is 0 Å². The summed E-state index contributed by atoms with van der Waals surface area (Å²) in [5.74, 6) is 0.488. The van der Waals surface area contributed by atoms with Gasteiger partial charge in [0.05, 0.1) is 5.56 Å². The minimum Gasteiger partial charge on any atom is -0.367 e. The average molecular weight is 469 g/mol. The highest BCUT2D eigenvalue weighted by atomic mass is 32.2. The van der Waals surface area contributed by atoms with E-state index in [4.69, 9.17) is 0 Å². The molecular weight excluding hydrogens is 445 g/mol. The number of halogens is 3. The maximum atomic E-state index is 12.7. The van der Waals surface area contributed by atoms with E-state index in [9.17, 15) is 13.2 Å². The Kier molecular flexibility index (Phi) is 6.03. The van der Waals surface area contributed by atoms with Crippen LogP contribution < -0.4 is 5.32 Å². The molecule has 1 aliphatic heterocycles. The number of rotatable bonds is 5. The van der Waals surface area contributed by atoms with Crippen LogP contribution in [0.1, 0.15) is 18.4 Å². The maximum absolute atomic E-state index is 12.7. The van der Waals surface area contributed by atoms with E-state index in [-0.39, 0.29) is 6.04 Å². The van der Waals surface area contributed by atoms with Gasteiger partial charge >= 0.3 is 6.18 Å². The first-order valence-corrected chi connectivity index (χ1v) is 11.6. The van der Waals surface area contributed by atoms with Crippen LogP contribution in [0.25, 0.3) is 22.0 Å². The molecule has 3 heterocycles. The van der Waals surface area contributed by atoms with Gasteiger partial charge in [-0.15, -0.1) is 0 Å². The number of hydrogen-bond acceptors (Lipinski definition) is 4. The minimum atomic E-state index is -4.36. The number of fused-ring (bicyclic) bond motifs is 1. The lowest BCUT2D eigenvalue weighted by Crippen LogP contribution is -2.35. The number of nitrogens with zero attached hydrogens (tertiary/aromatic N) is 2. The van der Waals surface area contributed by atoms with E-state index >= 15 is 0 Å². The summed E-state index contributed by atoms with van der Waals surface area (Å²) in [5, 5.41) is 4.47. The molecule has 5 rings (SSSR count). The highest BCUT2D eigenvalue weighted by molar-refractivity contribution is 7.97. The van der Waals surface area contributed by atoms with Gasteiger partial charge in [0, 0.05) is 41.9 Å². The molecule has 2 aromatic heterocycles. The minimum absolute atomic E-state index is 0.205. The molecule has 0 saturated carbocycles. The van der Waals surface area contributed by atoms with Gasteiger partial charge in [0.1, 0.15) is 5.82 Å². The Hall–Kier alpha value is -2.97. The molecule has 170 valence electrons. The Morgan fingerprint density at radius 2 is 1.70 bits per heavy atom. The first-order chi connectivity index (χ1) is 15.9. The molecule has 0 atom stereocenters. The molecule has 0 radical (unpaired) electrons. The van der Waals surface area contributed by atoms with Gasteiger partial charge in [0.25, 0.3) is 0 Å². The van der Waals surface area contributed by atoms with E-state index in [2.05, 4.69) is 68.1 Å². The first kappa shape index (κ1) is 21.9. The predicted octanol–water partition coefficient (Wildman–Crippen LogP) is 6.83. The van der Waals surface area contributed by atoms with Crippen molar-refractivity contribution in [3.05, 3.63) is 78.6 Å². The Morgan fingerprint density at radius 3 is 2.39 bits per heavy atom. The second-order valence-electron chi connectivity index (χ2n) is 8.17. The molecule has 33 heavy (non-hydrogen) atoms. The number of pyridine rings is 1. The SMILES string of the molecule is FC(F)(F)c1ccc(NC2CCN(Sc3ccc(-c4ccc5[nH]ccc5c4)cc3)CC2)nc1. The van der Waals surface area contributed by atoms with Gasteiger partial charge in [-0.1, -0.05) is 18.2 Å². The fourth-order valence-electron chi connectivity index (χ4n) is 4.04. The lowest BCUT2D eigenvalue weighted by Gasteiger charge is -2.31. The highest BCUT2D eigenvalue weighted by Crippen LogP contribution is 2.31. The molecule has 0 aliphatic carbocycles. The molecule has 2 aromatic carbocycles. The Balaban J connectivity index is 1.13. The zero-order valence-electron chi connectivity index (χ0n) is 17.8. The summed E-state index contributed by atoms with van der Waals surface area (Å²) in [6, 6.07) is 19.8. The number of alkyl halides is 3. The molecule has 8 heteroatoms. The van der Waals surface area contributed by atoms with Gasteiger partial charge in [-0.2, -0.15) is 13.2 Å². The molecule has 1 saturated heterocycles. The Labute approximate surface area is 194 Å². The van der Waals surface area contributed by atoms with E-state index in [1.165, 1.54) is 27.5 Å². The van der Waals surface area contributed by atoms with Gasteiger partial charge in [0.2, 0.25) is 0 Å². The van der Waals surface area contributed by atoms with Gasteiger partial charge < -0.3 is 10.3 Å². The lowest BCUT2D eigenvalue weighted by atomic mass is 10.0. The van der Waals surface area contributed by atoms with Crippen LogP contribution >= 0.6 is 11.9 Å². The van der Waals surface area contributed by atoms with E-state index in [0.29, 0.717) is 5.82 Å². The summed E-state index contributed by atoms with van der Waals surface area (Å²) in [6.07, 6.45) is 0.289. The van der Waals surface area contributed by atoms with Crippen molar-refractivity contribution in [3.63, 3.8) is 0 Å². The fraction of sp³-hybridized carbons (Fsp3) is 0.240. The lowest BCUT2D eigenvalue weighted by molar-refractivity contribution is -0.137. The zero-order valence-corrected chi connectivity index (χ0v) is 18.6. The van der Waals surface area contributed by atoms with E-state index < -0.39 is 11.7 Å². The normalized spacial score (nSPS) is 15.7. The number of benzene rings is 2. The van der Waals surface area contributed by atoms with Crippen molar-refractivity contribution in [1.29, 1.82) is 0 Å². The summed E-state index contributed by atoms with van der Waals surface area (Å²) in [6.45, 7) is 1.80. The third-order valence-corrected chi connectivity index (χ3v) is 6.98. The number of hydrogen-bond donors (Lipinski definition) is 2. The molecule has 0 bridgehead atoms.